The van der Waals surface area contributed by atoms with Gasteiger partial charge in [-0.05, 0) is 49.9 Å². The summed E-state index contributed by atoms with van der Waals surface area (Å²) in [7, 11) is 1.74. The van der Waals surface area contributed by atoms with Gasteiger partial charge in [-0.3, -0.25) is 4.79 Å². The van der Waals surface area contributed by atoms with Gasteiger partial charge in [0.25, 0.3) is 0 Å². The fourth-order valence-corrected chi connectivity index (χ4v) is 3.84. The van der Waals surface area contributed by atoms with E-state index in [1.54, 1.807) is 25.2 Å². The SMILES string of the molecule is CC/C(NC=O)=C(\C(=O)OCC1CCCCCC1)C(NC)c1cccc(O)c1. The third-order valence-electron chi connectivity index (χ3n) is 5.34. The van der Waals surface area contributed by atoms with Crippen LogP contribution in [-0.4, -0.2) is 31.1 Å². The zero-order chi connectivity index (χ0) is 20.4. The van der Waals surface area contributed by atoms with E-state index in [1.807, 2.05) is 13.0 Å². The zero-order valence-corrected chi connectivity index (χ0v) is 16.9. The maximum atomic E-state index is 13.1. The van der Waals surface area contributed by atoms with Crippen molar-refractivity contribution in [1.82, 2.24) is 10.6 Å². The number of carbonyl (C=O) groups excluding carboxylic acids is 2. The van der Waals surface area contributed by atoms with E-state index in [9.17, 15) is 14.7 Å². The Morgan fingerprint density at radius 2 is 2.00 bits per heavy atom. The Morgan fingerprint density at radius 3 is 2.57 bits per heavy atom. The first-order chi connectivity index (χ1) is 13.6. The van der Waals surface area contributed by atoms with Gasteiger partial charge in [-0.15, -0.1) is 0 Å². The lowest BCUT2D eigenvalue weighted by atomic mass is 9.95. The lowest BCUT2D eigenvalue weighted by molar-refractivity contribution is -0.141. The first-order valence-corrected chi connectivity index (χ1v) is 10.2. The van der Waals surface area contributed by atoms with E-state index in [-0.39, 0.29) is 5.75 Å². The molecular formula is C22H32N2O4. The van der Waals surface area contributed by atoms with Crippen LogP contribution in [0, 0.1) is 5.92 Å². The number of rotatable bonds is 9. The van der Waals surface area contributed by atoms with Crippen LogP contribution >= 0.6 is 0 Å². The molecule has 1 aliphatic carbocycles. The van der Waals surface area contributed by atoms with Gasteiger partial charge in [0.2, 0.25) is 6.41 Å². The standard InChI is InChI=1S/C22H32N2O4/c1-3-19(24-15-25)20(21(23-2)17-11-8-12-18(26)13-17)22(27)28-14-16-9-6-4-5-7-10-16/h8,11-13,15-16,21,23,26H,3-7,9-10,14H2,1-2H3,(H,24,25)/b20-19+. The van der Waals surface area contributed by atoms with Crippen molar-refractivity contribution in [1.29, 1.82) is 0 Å². The lowest BCUT2D eigenvalue weighted by Crippen LogP contribution is -2.30. The molecule has 1 fully saturated rings. The number of esters is 1. The molecule has 28 heavy (non-hydrogen) atoms. The molecule has 1 unspecified atom stereocenters. The zero-order valence-electron chi connectivity index (χ0n) is 16.9. The highest BCUT2D eigenvalue weighted by Crippen LogP contribution is 2.29. The number of hydrogen-bond donors (Lipinski definition) is 3. The van der Waals surface area contributed by atoms with Gasteiger partial charge in [0.15, 0.2) is 0 Å². The summed E-state index contributed by atoms with van der Waals surface area (Å²) in [5.41, 5.74) is 1.61. The summed E-state index contributed by atoms with van der Waals surface area (Å²) >= 11 is 0. The molecule has 0 aromatic heterocycles. The molecule has 6 heteroatoms. The molecule has 1 aromatic carbocycles. The number of allylic oxidation sites excluding steroid dienone is 1. The highest BCUT2D eigenvalue weighted by molar-refractivity contribution is 5.91. The Balaban J connectivity index is 2.27. The summed E-state index contributed by atoms with van der Waals surface area (Å²) < 4.78 is 5.71. The van der Waals surface area contributed by atoms with E-state index in [4.69, 9.17) is 4.74 Å². The molecule has 1 amide bonds. The maximum Gasteiger partial charge on any atom is 0.337 e. The van der Waals surface area contributed by atoms with Crippen LogP contribution < -0.4 is 10.6 Å². The third kappa shape index (κ3) is 6.09. The first kappa shape index (κ1) is 22.0. The molecule has 3 N–H and O–H groups in total. The molecular weight excluding hydrogens is 356 g/mol. The molecule has 1 aromatic rings. The largest absolute Gasteiger partial charge is 0.508 e. The Kier molecular flexibility index (Phi) is 9.01. The summed E-state index contributed by atoms with van der Waals surface area (Å²) in [5, 5.41) is 15.6. The second-order valence-electron chi connectivity index (χ2n) is 7.28. The van der Waals surface area contributed by atoms with Gasteiger partial charge >= 0.3 is 5.97 Å². The molecule has 154 valence electrons. The number of carbonyl (C=O) groups is 2. The number of aromatic hydroxyl groups is 1. The second-order valence-corrected chi connectivity index (χ2v) is 7.28. The molecule has 1 aliphatic rings. The van der Waals surface area contributed by atoms with E-state index in [0.717, 1.165) is 18.4 Å². The van der Waals surface area contributed by atoms with Crippen LogP contribution in [0.1, 0.15) is 63.5 Å². The summed E-state index contributed by atoms with van der Waals surface area (Å²) in [5.74, 6) is 0.0778. The number of nitrogens with one attached hydrogen (secondary N) is 2. The predicted octanol–water partition coefficient (Wildman–Crippen LogP) is 3.58. The van der Waals surface area contributed by atoms with E-state index >= 15 is 0 Å². The van der Waals surface area contributed by atoms with Crippen LogP contribution in [0.15, 0.2) is 35.5 Å². The van der Waals surface area contributed by atoms with Crippen molar-refractivity contribution in [2.75, 3.05) is 13.7 Å². The lowest BCUT2D eigenvalue weighted by Gasteiger charge is -2.23. The van der Waals surface area contributed by atoms with E-state index in [0.29, 0.717) is 36.6 Å². The van der Waals surface area contributed by atoms with Crippen molar-refractivity contribution in [3.05, 3.63) is 41.1 Å². The number of amides is 1. The van der Waals surface area contributed by atoms with Gasteiger partial charge in [-0.25, -0.2) is 4.79 Å². The van der Waals surface area contributed by atoms with Crippen LogP contribution in [0.4, 0.5) is 0 Å². The summed E-state index contributed by atoms with van der Waals surface area (Å²) in [6.07, 6.45) is 8.08. The fourth-order valence-electron chi connectivity index (χ4n) is 3.84. The third-order valence-corrected chi connectivity index (χ3v) is 5.34. The number of phenols is 1. The topological polar surface area (TPSA) is 87.7 Å². The number of likely N-dealkylation sites (N-methyl/N-ethyl adjacent to an activating group) is 1. The Labute approximate surface area is 167 Å². The summed E-state index contributed by atoms with van der Waals surface area (Å²) in [4.78, 5) is 24.2. The maximum absolute atomic E-state index is 13.1. The van der Waals surface area contributed by atoms with Crippen LogP contribution in [-0.2, 0) is 14.3 Å². The average Bonchev–Trinajstić information content (AvgIpc) is 2.97. The molecule has 1 saturated carbocycles. The number of ether oxygens (including phenoxy) is 1. The average molecular weight is 389 g/mol. The molecule has 0 spiro atoms. The number of phenolic OH excluding ortho intramolecular Hbond substituents is 1. The van der Waals surface area contributed by atoms with Crippen LogP contribution in [0.5, 0.6) is 5.75 Å². The highest BCUT2D eigenvalue weighted by Gasteiger charge is 2.27. The molecule has 0 aliphatic heterocycles. The molecule has 2 rings (SSSR count). The monoisotopic (exact) mass is 388 g/mol. The fraction of sp³-hybridized carbons (Fsp3) is 0.545. The van der Waals surface area contributed by atoms with E-state index in [2.05, 4.69) is 10.6 Å². The normalized spacial score (nSPS) is 17.2. The van der Waals surface area contributed by atoms with E-state index in [1.165, 1.54) is 25.7 Å². The van der Waals surface area contributed by atoms with Gasteiger partial charge < -0.3 is 20.5 Å². The first-order valence-electron chi connectivity index (χ1n) is 10.2. The number of hydrogen-bond acceptors (Lipinski definition) is 5. The number of benzene rings is 1. The van der Waals surface area contributed by atoms with Gasteiger partial charge in [-0.1, -0.05) is 44.7 Å². The second kappa shape index (κ2) is 11.5. The molecule has 0 heterocycles. The van der Waals surface area contributed by atoms with Crippen LogP contribution in [0.25, 0.3) is 0 Å². The predicted molar refractivity (Wildman–Crippen MR) is 109 cm³/mol. The molecule has 0 radical (unpaired) electrons. The molecule has 0 saturated heterocycles. The highest BCUT2D eigenvalue weighted by atomic mass is 16.5. The summed E-state index contributed by atoms with van der Waals surface area (Å²) in [6, 6.07) is 6.23. The van der Waals surface area contributed by atoms with Crippen LogP contribution in [0.3, 0.4) is 0 Å². The van der Waals surface area contributed by atoms with Gasteiger partial charge in [0.05, 0.1) is 18.2 Å². The molecule has 0 bridgehead atoms. The molecule has 6 nitrogen and oxygen atoms in total. The van der Waals surface area contributed by atoms with Gasteiger partial charge in [0, 0.05) is 5.70 Å². The minimum atomic E-state index is -0.504. The van der Waals surface area contributed by atoms with Crippen molar-refractivity contribution in [2.24, 2.45) is 5.92 Å². The van der Waals surface area contributed by atoms with Crippen molar-refractivity contribution >= 4 is 12.4 Å². The van der Waals surface area contributed by atoms with Crippen molar-refractivity contribution in [2.45, 2.75) is 57.9 Å². The molecule has 1 atom stereocenters. The minimum Gasteiger partial charge on any atom is -0.508 e. The minimum absolute atomic E-state index is 0.116. The Bertz CT molecular complexity index is 679. The van der Waals surface area contributed by atoms with Gasteiger partial charge in [-0.2, -0.15) is 0 Å². The van der Waals surface area contributed by atoms with Crippen molar-refractivity contribution in [3.63, 3.8) is 0 Å². The van der Waals surface area contributed by atoms with Gasteiger partial charge in [0.1, 0.15) is 5.75 Å². The van der Waals surface area contributed by atoms with E-state index < -0.39 is 12.0 Å². The van der Waals surface area contributed by atoms with Crippen molar-refractivity contribution < 1.29 is 19.4 Å². The van der Waals surface area contributed by atoms with Crippen LogP contribution in [0.2, 0.25) is 0 Å². The van der Waals surface area contributed by atoms with Crippen molar-refractivity contribution in [3.8, 4) is 5.75 Å². The summed E-state index contributed by atoms with van der Waals surface area (Å²) in [6.45, 7) is 2.27. The Hall–Kier alpha value is -2.34. The quantitative estimate of drug-likeness (QED) is 0.260. The smallest absolute Gasteiger partial charge is 0.337 e. The Morgan fingerprint density at radius 1 is 1.29 bits per heavy atom.